The molecule has 2 atom stereocenters. The number of halogens is 1. The van der Waals surface area contributed by atoms with Gasteiger partial charge in [0.1, 0.15) is 6.04 Å². The van der Waals surface area contributed by atoms with Crippen molar-refractivity contribution in [1.82, 2.24) is 5.32 Å². The number of benzene rings is 1. The number of carbonyl (C=O) groups is 3. The van der Waals surface area contributed by atoms with Crippen LogP contribution < -0.4 is 5.32 Å². The van der Waals surface area contributed by atoms with Crippen LogP contribution in [0.2, 0.25) is 0 Å². The Kier molecular flexibility index (Phi) is 7.74. The third-order valence-electron chi connectivity index (χ3n) is 3.41. The molecule has 0 aliphatic heterocycles. The molecule has 1 N–H and O–H groups in total. The van der Waals surface area contributed by atoms with Gasteiger partial charge >= 0.3 is 11.9 Å². The number of methoxy groups -OCH3 is 1. The second kappa shape index (κ2) is 9.29. The van der Waals surface area contributed by atoms with Crippen LogP contribution in [0.5, 0.6) is 0 Å². The summed E-state index contributed by atoms with van der Waals surface area (Å²) in [4.78, 5) is 35.5. The molecule has 0 spiro atoms. The van der Waals surface area contributed by atoms with Gasteiger partial charge in [-0.25, -0.2) is 9.59 Å². The SMILES string of the molecule is CCC(C)C(NC(=O)COC(=O)c1ccccc1Br)C(=O)OC. The summed E-state index contributed by atoms with van der Waals surface area (Å²) in [5.41, 5.74) is 0.326. The largest absolute Gasteiger partial charge is 0.467 e. The van der Waals surface area contributed by atoms with Crippen LogP contribution in [-0.2, 0) is 19.1 Å². The Morgan fingerprint density at radius 3 is 2.48 bits per heavy atom. The van der Waals surface area contributed by atoms with Crippen molar-refractivity contribution >= 4 is 33.8 Å². The molecule has 0 heterocycles. The highest BCUT2D eigenvalue weighted by Crippen LogP contribution is 2.16. The molecule has 6 nitrogen and oxygen atoms in total. The van der Waals surface area contributed by atoms with Crippen molar-refractivity contribution in [3.63, 3.8) is 0 Å². The zero-order valence-electron chi connectivity index (χ0n) is 13.3. The molecule has 0 aromatic heterocycles. The van der Waals surface area contributed by atoms with Crippen LogP contribution in [0.3, 0.4) is 0 Å². The first-order valence-electron chi connectivity index (χ1n) is 7.19. The highest BCUT2D eigenvalue weighted by atomic mass is 79.9. The first kappa shape index (κ1) is 19.2. The highest BCUT2D eigenvalue weighted by Gasteiger charge is 2.27. The summed E-state index contributed by atoms with van der Waals surface area (Å²) in [5.74, 6) is -1.79. The average Bonchev–Trinajstić information content (AvgIpc) is 2.56. The normalized spacial score (nSPS) is 12.9. The van der Waals surface area contributed by atoms with Crippen molar-refractivity contribution in [3.8, 4) is 0 Å². The van der Waals surface area contributed by atoms with E-state index in [-0.39, 0.29) is 5.92 Å². The fourth-order valence-electron chi connectivity index (χ4n) is 1.85. The van der Waals surface area contributed by atoms with Gasteiger partial charge in [-0.3, -0.25) is 4.79 Å². The minimum Gasteiger partial charge on any atom is -0.467 e. The topological polar surface area (TPSA) is 81.7 Å². The first-order valence-corrected chi connectivity index (χ1v) is 7.98. The maximum Gasteiger partial charge on any atom is 0.339 e. The van der Waals surface area contributed by atoms with E-state index in [9.17, 15) is 14.4 Å². The summed E-state index contributed by atoms with van der Waals surface area (Å²) in [6, 6.07) is 5.98. The lowest BCUT2D eigenvalue weighted by molar-refractivity contribution is -0.147. The van der Waals surface area contributed by atoms with Gasteiger partial charge in [-0.2, -0.15) is 0 Å². The molecule has 1 aromatic rings. The summed E-state index contributed by atoms with van der Waals surface area (Å²) >= 11 is 3.24. The van der Waals surface area contributed by atoms with E-state index in [1.807, 2.05) is 13.8 Å². The van der Waals surface area contributed by atoms with E-state index in [0.717, 1.165) is 0 Å². The first-order chi connectivity index (χ1) is 10.9. The zero-order valence-corrected chi connectivity index (χ0v) is 14.9. The molecule has 1 amide bonds. The van der Waals surface area contributed by atoms with Crippen LogP contribution in [0.1, 0.15) is 30.6 Å². The molecule has 1 aromatic carbocycles. The van der Waals surface area contributed by atoms with E-state index in [1.165, 1.54) is 7.11 Å². The van der Waals surface area contributed by atoms with Crippen molar-refractivity contribution in [1.29, 1.82) is 0 Å². The number of hydrogen-bond donors (Lipinski definition) is 1. The smallest absolute Gasteiger partial charge is 0.339 e. The van der Waals surface area contributed by atoms with Crippen LogP contribution in [-0.4, -0.2) is 37.6 Å². The van der Waals surface area contributed by atoms with Gasteiger partial charge in [0, 0.05) is 4.47 Å². The highest BCUT2D eigenvalue weighted by molar-refractivity contribution is 9.10. The van der Waals surface area contributed by atoms with Crippen molar-refractivity contribution < 1.29 is 23.9 Å². The molecule has 0 saturated heterocycles. The van der Waals surface area contributed by atoms with E-state index >= 15 is 0 Å². The summed E-state index contributed by atoms with van der Waals surface area (Å²) < 4.78 is 10.2. The second-order valence-electron chi connectivity index (χ2n) is 5.01. The van der Waals surface area contributed by atoms with Gasteiger partial charge < -0.3 is 14.8 Å². The lowest BCUT2D eigenvalue weighted by Crippen LogP contribution is -2.47. The van der Waals surface area contributed by atoms with Crippen LogP contribution in [0.4, 0.5) is 0 Å². The minimum atomic E-state index is -0.764. The van der Waals surface area contributed by atoms with Crippen molar-refractivity contribution in [2.24, 2.45) is 5.92 Å². The fourth-order valence-corrected chi connectivity index (χ4v) is 2.29. The van der Waals surface area contributed by atoms with Gasteiger partial charge in [0.25, 0.3) is 5.91 Å². The summed E-state index contributed by atoms with van der Waals surface area (Å²) in [7, 11) is 1.26. The van der Waals surface area contributed by atoms with Crippen molar-refractivity contribution in [2.75, 3.05) is 13.7 Å². The molecule has 1 rings (SSSR count). The molecular formula is C16H20BrNO5. The molecule has 0 aliphatic carbocycles. The predicted octanol–water partition coefficient (Wildman–Crippen LogP) is 2.31. The molecule has 7 heteroatoms. The summed E-state index contributed by atoms with van der Waals surface area (Å²) in [5, 5.41) is 2.54. The van der Waals surface area contributed by atoms with Gasteiger partial charge in [-0.15, -0.1) is 0 Å². The number of rotatable bonds is 7. The number of esters is 2. The van der Waals surface area contributed by atoms with E-state index in [0.29, 0.717) is 16.5 Å². The van der Waals surface area contributed by atoms with E-state index in [4.69, 9.17) is 4.74 Å². The number of hydrogen-bond acceptors (Lipinski definition) is 5. The standard InChI is InChI=1S/C16H20BrNO5/c1-4-10(2)14(16(21)22-3)18-13(19)9-23-15(20)11-7-5-6-8-12(11)17/h5-8,10,14H,4,9H2,1-3H3,(H,18,19). The lowest BCUT2D eigenvalue weighted by atomic mass is 9.99. The molecule has 0 radical (unpaired) electrons. The molecular weight excluding hydrogens is 366 g/mol. The molecule has 2 unspecified atom stereocenters. The lowest BCUT2D eigenvalue weighted by Gasteiger charge is -2.21. The van der Waals surface area contributed by atoms with Gasteiger partial charge in [0.05, 0.1) is 12.7 Å². The third-order valence-corrected chi connectivity index (χ3v) is 4.10. The fraction of sp³-hybridized carbons (Fsp3) is 0.438. The van der Waals surface area contributed by atoms with E-state index < -0.39 is 30.5 Å². The van der Waals surface area contributed by atoms with Gasteiger partial charge in [-0.05, 0) is 34.0 Å². The maximum atomic E-state index is 11.9. The Balaban J connectivity index is 2.60. The Bertz CT molecular complexity index is 575. The monoisotopic (exact) mass is 385 g/mol. The molecule has 23 heavy (non-hydrogen) atoms. The Hall–Kier alpha value is -1.89. The minimum absolute atomic E-state index is 0.0923. The summed E-state index contributed by atoms with van der Waals surface area (Å²) in [6.07, 6.45) is 0.691. The van der Waals surface area contributed by atoms with Crippen LogP contribution >= 0.6 is 15.9 Å². The molecule has 126 valence electrons. The van der Waals surface area contributed by atoms with Crippen molar-refractivity contribution in [3.05, 3.63) is 34.3 Å². The zero-order chi connectivity index (χ0) is 17.4. The van der Waals surface area contributed by atoms with Gasteiger partial charge in [0.15, 0.2) is 6.61 Å². The van der Waals surface area contributed by atoms with Crippen LogP contribution in [0, 0.1) is 5.92 Å². The van der Waals surface area contributed by atoms with E-state index in [2.05, 4.69) is 26.0 Å². The molecule has 0 bridgehead atoms. The quantitative estimate of drug-likeness (QED) is 0.728. The van der Waals surface area contributed by atoms with Gasteiger partial charge in [0.2, 0.25) is 0 Å². The number of ether oxygens (including phenoxy) is 2. The number of carbonyl (C=O) groups excluding carboxylic acids is 3. The second-order valence-corrected chi connectivity index (χ2v) is 5.86. The van der Waals surface area contributed by atoms with E-state index in [1.54, 1.807) is 24.3 Å². The molecule has 0 saturated carbocycles. The van der Waals surface area contributed by atoms with Crippen molar-refractivity contribution in [2.45, 2.75) is 26.3 Å². The Morgan fingerprint density at radius 2 is 1.91 bits per heavy atom. The third kappa shape index (κ3) is 5.67. The number of amides is 1. The molecule has 0 fully saturated rings. The van der Waals surface area contributed by atoms with Crippen LogP contribution in [0.25, 0.3) is 0 Å². The maximum absolute atomic E-state index is 11.9. The number of nitrogens with one attached hydrogen (secondary N) is 1. The average molecular weight is 386 g/mol. The summed E-state index contributed by atoms with van der Waals surface area (Å²) in [6.45, 7) is 3.26. The van der Waals surface area contributed by atoms with Gasteiger partial charge in [-0.1, -0.05) is 32.4 Å². The Labute approximate surface area is 143 Å². The van der Waals surface area contributed by atoms with Crippen LogP contribution in [0.15, 0.2) is 28.7 Å². The predicted molar refractivity (Wildman–Crippen MR) is 87.8 cm³/mol. The Morgan fingerprint density at radius 1 is 1.26 bits per heavy atom. The molecule has 0 aliphatic rings.